The lowest BCUT2D eigenvalue weighted by Crippen LogP contribution is -2.58. The van der Waals surface area contributed by atoms with Crippen LogP contribution >= 0.6 is 0 Å². The molecule has 1 fully saturated rings. The first-order valence-electron chi connectivity index (χ1n) is 12.3. The number of hydrogen-bond acceptors (Lipinski definition) is 8. The largest absolute Gasteiger partial charge is 0.508 e. The lowest BCUT2D eigenvalue weighted by atomic mass is 9.59. The molecule has 1 aromatic carbocycles. The Bertz CT molecular complexity index is 1280. The van der Waals surface area contributed by atoms with Gasteiger partial charge in [0.15, 0.2) is 11.4 Å². The molecule has 0 radical (unpaired) electrons. The van der Waals surface area contributed by atoms with Crippen molar-refractivity contribution < 1.29 is 39.2 Å². The molecule has 3 atom stereocenters. The highest BCUT2D eigenvalue weighted by molar-refractivity contribution is 6.22. The van der Waals surface area contributed by atoms with Crippen molar-refractivity contribution in [3.05, 3.63) is 45.5 Å². The summed E-state index contributed by atoms with van der Waals surface area (Å²) >= 11 is 0. The Kier molecular flexibility index (Phi) is 6.49. The van der Waals surface area contributed by atoms with Crippen LogP contribution in [0.15, 0.2) is 23.0 Å². The van der Waals surface area contributed by atoms with Crippen LogP contribution < -0.4 is 5.73 Å². The molecule has 1 saturated carbocycles. The fourth-order valence-electron chi connectivity index (χ4n) is 6.03. The quantitative estimate of drug-likeness (QED) is 0.373. The maximum atomic E-state index is 15.8. The number of Topliss-reactive ketones (excluding diaryl/α,β-unsaturated/α-hetero) is 2. The van der Waals surface area contributed by atoms with Crippen molar-refractivity contribution >= 4 is 23.2 Å². The van der Waals surface area contributed by atoms with Gasteiger partial charge in [-0.1, -0.05) is 27.7 Å². The number of aliphatic hydroxyl groups excluding tert-OH is 2. The number of rotatable bonds is 5. The first-order chi connectivity index (χ1) is 17.1. The summed E-state index contributed by atoms with van der Waals surface area (Å²) in [6, 6.07) is 1.23. The van der Waals surface area contributed by atoms with Crippen molar-refractivity contribution in [3.8, 4) is 5.75 Å². The number of carbonyl (C=O) groups is 3. The third-order valence-electron chi connectivity index (χ3n) is 7.61. The van der Waals surface area contributed by atoms with E-state index in [2.05, 4.69) is 20.8 Å². The Morgan fingerprint density at radius 2 is 1.86 bits per heavy atom. The number of nitrogens with two attached hydrogens (primary N) is 1. The van der Waals surface area contributed by atoms with E-state index in [-0.39, 0.29) is 47.1 Å². The van der Waals surface area contributed by atoms with Crippen molar-refractivity contribution in [2.24, 2.45) is 23.0 Å². The van der Waals surface area contributed by atoms with E-state index >= 15 is 4.39 Å². The average molecular weight is 517 g/mol. The topological polar surface area (TPSA) is 161 Å². The zero-order chi connectivity index (χ0) is 27.6. The van der Waals surface area contributed by atoms with Gasteiger partial charge < -0.3 is 26.2 Å². The van der Waals surface area contributed by atoms with E-state index in [9.17, 15) is 34.8 Å². The van der Waals surface area contributed by atoms with Crippen LogP contribution in [0.1, 0.15) is 57.2 Å². The van der Waals surface area contributed by atoms with Crippen LogP contribution in [-0.2, 0) is 27.3 Å². The van der Waals surface area contributed by atoms with Gasteiger partial charge in [0, 0.05) is 42.1 Å². The maximum absolute atomic E-state index is 15.8. The third kappa shape index (κ3) is 4.21. The molecule has 10 heteroatoms. The Balaban J connectivity index is 1.81. The van der Waals surface area contributed by atoms with Gasteiger partial charge in [0.05, 0.1) is 5.56 Å². The molecule has 4 rings (SSSR count). The monoisotopic (exact) mass is 516 g/mol. The molecule has 37 heavy (non-hydrogen) atoms. The number of amides is 1. The summed E-state index contributed by atoms with van der Waals surface area (Å²) in [7, 11) is 0. The maximum Gasteiger partial charge on any atom is 0.255 e. The summed E-state index contributed by atoms with van der Waals surface area (Å²) in [5, 5.41) is 43.7. The van der Waals surface area contributed by atoms with Gasteiger partial charge in [-0.15, -0.1) is 0 Å². The summed E-state index contributed by atoms with van der Waals surface area (Å²) < 4.78 is 15.8. The van der Waals surface area contributed by atoms with Crippen LogP contribution in [0.3, 0.4) is 0 Å². The van der Waals surface area contributed by atoms with Crippen LogP contribution in [0.25, 0.3) is 5.76 Å². The molecular formula is C27H33FN2O7. The molecular weight excluding hydrogens is 483 g/mol. The van der Waals surface area contributed by atoms with Crippen molar-refractivity contribution in [2.45, 2.75) is 59.1 Å². The minimum Gasteiger partial charge on any atom is -0.508 e. The molecule has 9 nitrogen and oxygen atoms in total. The SMILES string of the molecule is CCN(Cc1cc(O)c2c(c1F)CC1C[C@H]3CC(=O)C(C(N)=O)=C(O)[C@@]3(O)C(=O)C1=C2O)CC(C)(C)C. The molecule has 0 aromatic heterocycles. The highest BCUT2D eigenvalue weighted by atomic mass is 19.1. The highest BCUT2D eigenvalue weighted by Gasteiger charge is 2.60. The molecule has 1 amide bonds. The molecule has 1 unspecified atom stereocenters. The number of aliphatic hydroxyl groups is 3. The Morgan fingerprint density at radius 3 is 2.43 bits per heavy atom. The summed E-state index contributed by atoms with van der Waals surface area (Å²) in [6.45, 7) is 9.72. The van der Waals surface area contributed by atoms with E-state index in [0.29, 0.717) is 13.1 Å². The van der Waals surface area contributed by atoms with Crippen LogP contribution in [0.4, 0.5) is 4.39 Å². The standard InChI is InChI=1S/C27H33FN2O7/c1-5-30(11-26(2,3)4)10-13-8-16(31)19-15(21(13)28)7-12-6-14-9-17(32)20(25(29)36)24(35)27(14,37)23(34)18(12)22(19)33/h8,12,14,31,33,35,37H,5-7,9-11H2,1-4H3,(H2,29,36)/t12?,14-,27-/m0/s1. The van der Waals surface area contributed by atoms with Crippen LogP contribution in [0, 0.1) is 23.1 Å². The van der Waals surface area contributed by atoms with Crippen molar-refractivity contribution in [3.63, 3.8) is 0 Å². The number of hydrogen-bond donors (Lipinski definition) is 5. The lowest BCUT2D eigenvalue weighted by molar-refractivity contribution is -0.147. The number of aromatic hydroxyl groups is 1. The van der Waals surface area contributed by atoms with Gasteiger partial charge in [0.2, 0.25) is 5.78 Å². The van der Waals surface area contributed by atoms with Gasteiger partial charge in [-0.25, -0.2) is 4.39 Å². The van der Waals surface area contributed by atoms with Crippen LogP contribution in [0.2, 0.25) is 0 Å². The summed E-state index contributed by atoms with van der Waals surface area (Å²) in [6.07, 6.45) is -0.528. The van der Waals surface area contributed by atoms with Gasteiger partial charge in [-0.2, -0.15) is 0 Å². The number of halogens is 1. The zero-order valence-corrected chi connectivity index (χ0v) is 21.4. The second kappa shape index (κ2) is 8.95. The predicted octanol–water partition coefficient (Wildman–Crippen LogP) is 2.43. The number of fused-ring (bicyclic) bond motifs is 3. The van der Waals surface area contributed by atoms with Gasteiger partial charge in [-0.3, -0.25) is 19.3 Å². The lowest BCUT2D eigenvalue weighted by Gasteiger charge is -2.46. The van der Waals surface area contributed by atoms with Gasteiger partial charge in [0.25, 0.3) is 5.91 Å². The van der Waals surface area contributed by atoms with Crippen molar-refractivity contribution in [1.29, 1.82) is 0 Å². The number of phenols is 1. The Labute approximate surface area is 214 Å². The van der Waals surface area contributed by atoms with E-state index in [0.717, 1.165) is 0 Å². The molecule has 0 heterocycles. The average Bonchev–Trinajstić information content (AvgIpc) is 2.77. The number of nitrogens with zero attached hydrogens (tertiary/aromatic N) is 1. The number of primary amides is 1. The van der Waals surface area contributed by atoms with E-state index in [1.807, 2.05) is 11.8 Å². The molecule has 3 aliphatic rings. The number of ketones is 2. The second-order valence-electron chi connectivity index (χ2n) is 11.5. The van der Waals surface area contributed by atoms with E-state index < -0.39 is 70.0 Å². The molecule has 1 aromatic rings. The molecule has 6 N–H and O–H groups in total. The van der Waals surface area contributed by atoms with Gasteiger partial charge >= 0.3 is 0 Å². The molecule has 0 spiro atoms. The zero-order valence-electron chi connectivity index (χ0n) is 21.4. The number of benzene rings is 1. The number of phenolic OH excluding ortho intramolecular Hbond substituents is 1. The predicted molar refractivity (Wildman–Crippen MR) is 132 cm³/mol. The molecule has 0 saturated heterocycles. The van der Waals surface area contributed by atoms with Gasteiger partial charge in [-0.05, 0) is 36.8 Å². The molecule has 0 aliphatic heterocycles. The van der Waals surface area contributed by atoms with E-state index in [1.165, 1.54) is 6.07 Å². The van der Waals surface area contributed by atoms with Gasteiger partial charge in [0.1, 0.15) is 28.7 Å². The fourth-order valence-corrected chi connectivity index (χ4v) is 6.03. The Morgan fingerprint density at radius 1 is 1.22 bits per heavy atom. The van der Waals surface area contributed by atoms with E-state index in [1.54, 1.807) is 0 Å². The highest BCUT2D eigenvalue weighted by Crippen LogP contribution is 2.52. The fraction of sp³-hybridized carbons (Fsp3) is 0.519. The first kappa shape index (κ1) is 26.8. The van der Waals surface area contributed by atoms with Crippen LogP contribution in [-0.4, -0.2) is 61.5 Å². The second-order valence-corrected chi connectivity index (χ2v) is 11.5. The molecule has 0 bridgehead atoms. The van der Waals surface area contributed by atoms with E-state index in [4.69, 9.17) is 5.73 Å². The minimum absolute atomic E-state index is 0.0380. The normalized spacial score (nSPS) is 25.8. The summed E-state index contributed by atoms with van der Waals surface area (Å²) in [5.74, 6) is -7.91. The smallest absolute Gasteiger partial charge is 0.255 e. The molecule has 200 valence electrons. The van der Waals surface area contributed by atoms with Crippen molar-refractivity contribution in [2.75, 3.05) is 13.1 Å². The first-order valence-corrected chi connectivity index (χ1v) is 12.3. The number of carbonyl (C=O) groups excluding carboxylic acids is 3. The minimum atomic E-state index is -2.64. The van der Waals surface area contributed by atoms with Crippen LogP contribution in [0.5, 0.6) is 5.75 Å². The summed E-state index contributed by atoms with van der Waals surface area (Å²) in [5.41, 5.74) is 1.42. The van der Waals surface area contributed by atoms with Crippen molar-refractivity contribution in [1.82, 2.24) is 4.90 Å². The Hall–Kier alpha value is -3.24. The molecule has 3 aliphatic carbocycles. The summed E-state index contributed by atoms with van der Waals surface area (Å²) in [4.78, 5) is 39.7. The third-order valence-corrected chi connectivity index (χ3v) is 7.61.